The standard InChI is InChI=1S/C23H26N4O4/c1-25(2)22(28)14-27-11-10-16-12-17(8-9-19(16)27)24-23(29)26(3)13-18-15-30-20-6-4-5-7-21(20)31-18/h4-12,18H,13-15H2,1-3H3,(H,24,29). The minimum Gasteiger partial charge on any atom is -0.486 e. The quantitative estimate of drug-likeness (QED) is 0.686. The van der Waals surface area contributed by atoms with Crippen molar-refractivity contribution in [1.82, 2.24) is 14.4 Å². The Balaban J connectivity index is 1.37. The fourth-order valence-electron chi connectivity index (χ4n) is 3.46. The van der Waals surface area contributed by atoms with E-state index in [0.29, 0.717) is 24.6 Å². The number of fused-ring (bicyclic) bond motifs is 2. The van der Waals surface area contributed by atoms with E-state index in [-0.39, 0.29) is 24.6 Å². The van der Waals surface area contributed by atoms with Crippen LogP contribution in [0.1, 0.15) is 0 Å². The van der Waals surface area contributed by atoms with E-state index in [0.717, 1.165) is 16.7 Å². The van der Waals surface area contributed by atoms with Gasteiger partial charge in [-0.1, -0.05) is 12.1 Å². The number of urea groups is 1. The zero-order chi connectivity index (χ0) is 22.0. The summed E-state index contributed by atoms with van der Waals surface area (Å²) in [6, 6.07) is 14.8. The smallest absolute Gasteiger partial charge is 0.321 e. The van der Waals surface area contributed by atoms with Gasteiger partial charge in [-0.25, -0.2) is 4.79 Å². The van der Waals surface area contributed by atoms with Crippen LogP contribution in [-0.2, 0) is 11.3 Å². The number of hydrogen-bond acceptors (Lipinski definition) is 4. The Hall–Kier alpha value is -3.68. The summed E-state index contributed by atoms with van der Waals surface area (Å²) in [5.74, 6) is 1.43. The molecule has 4 rings (SSSR count). The Bertz CT molecular complexity index is 1110. The number of anilines is 1. The van der Waals surface area contributed by atoms with Gasteiger partial charge in [0.15, 0.2) is 17.6 Å². The second-order valence-corrected chi connectivity index (χ2v) is 7.81. The normalized spacial score (nSPS) is 14.9. The van der Waals surface area contributed by atoms with Gasteiger partial charge in [-0.3, -0.25) is 4.79 Å². The molecule has 1 aliphatic heterocycles. The second kappa shape index (κ2) is 8.59. The summed E-state index contributed by atoms with van der Waals surface area (Å²) in [7, 11) is 5.20. The molecule has 1 unspecified atom stereocenters. The maximum Gasteiger partial charge on any atom is 0.321 e. The molecule has 1 atom stereocenters. The highest BCUT2D eigenvalue weighted by Gasteiger charge is 2.23. The summed E-state index contributed by atoms with van der Waals surface area (Å²) in [5.41, 5.74) is 1.63. The molecule has 0 spiro atoms. The molecule has 2 heterocycles. The molecule has 8 nitrogen and oxygen atoms in total. The van der Waals surface area contributed by atoms with E-state index >= 15 is 0 Å². The summed E-state index contributed by atoms with van der Waals surface area (Å²) < 4.78 is 13.5. The van der Waals surface area contributed by atoms with Crippen molar-refractivity contribution in [3.05, 3.63) is 54.7 Å². The van der Waals surface area contributed by atoms with E-state index < -0.39 is 0 Å². The summed E-state index contributed by atoms with van der Waals surface area (Å²) in [6.45, 7) is 1.06. The van der Waals surface area contributed by atoms with Crippen molar-refractivity contribution in [2.75, 3.05) is 39.6 Å². The fraction of sp³-hybridized carbons (Fsp3) is 0.304. The van der Waals surface area contributed by atoms with Crippen LogP contribution in [0.25, 0.3) is 10.9 Å². The van der Waals surface area contributed by atoms with E-state index in [1.54, 1.807) is 30.9 Å². The van der Waals surface area contributed by atoms with Crippen LogP contribution in [-0.4, -0.2) is 66.7 Å². The van der Waals surface area contributed by atoms with Crippen LogP contribution < -0.4 is 14.8 Å². The molecule has 8 heteroatoms. The molecular weight excluding hydrogens is 396 g/mol. The molecule has 0 saturated carbocycles. The first-order valence-electron chi connectivity index (χ1n) is 10.1. The number of para-hydroxylation sites is 2. The number of amides is 3. The number of likely N-dealkylation sites (N-methyl/N-ethyl adjacent to an activating group) is 2. The lowest BCUT2D eigenvalue weighted by Gasteiger charge is -2.29. The Kier molecular flexibility index (Phi) is 5.70. The highest BCUT2D eigenvalue weighted by molar-refractivity contribution is 5.93. The predicted octanol–water partition coefficient (Wildman–Crippen LogP) is 3.03. The van der Waals surface area contributed by atoms with Gasteiger partial charge in [-0.15, -0.1) is 0 Å². The zero-order valence-electron chi connectivity index (χ0n) is 17.9. The molecule has 0 fully saturated rings. The number of nitrogens with one attached hydrogen (secondary N) is 1. The summed E-state index contributed by atoms with van der Waals surface area (Å²) in [4.78, 5) is 27.8. The molecule has 1 aromatic heterocycles. The number of hydrogen-bond donors (Lipinski definition) is 1. The molecule has 0 saturated heterocycles. The monoisotopic (exact) mass is 422 g/mol. The molecule has 31 heavy (non-hydrogen) atoms. The van der Waals surface area contributed by atoms with Gasteiger partial charge < -0.3 is 29.2 Å². The molecule has 0 radical (unpaired) electrons. The van der Waals surface area contributed by atoms with Crippen LogP contribution in [0.2, 0.25) is 0 Å². The van der Waals surface area contributed by atoms with Gasteiger partial charge in [0.25, 0.3) is 0 Å². The van der Waals surface area contributed by atoms with Crippen molar-refractivity contribution in [2.45, 2.75) is 12.6 Å². The van der Waals surface area contributed by atoms with Gasteiger partial charge in [0, 0.05) is 43.9 Å². The van der Waals surface area contributed by atoms with E-state index in [1.165, 1.54) is 0 Å². The largest absolute Gasteiger partial charge is 0.486 e. The number of ether oxygens (including phenoxy) is 2. The third-order valence-electron chi connectivity index (χ3n) is 5.22. The van der Waals surface area contributed by atoms with Gasteiger partial charge >= 0.3 is 6.03 Å². The number of carbonyl (C=O) groups is 2. The van der Waals surface area contributed by atoms with Crippen LogP contribution in [0, 0.1) is 0 Å². The lowest BCUT2D eigenvalue weighted by molar-refractivity contribution is -0.129. The van der Waals surface area contributed by atoms with Crippen molar-refractivity contribution in [2.24, 2.45) is 0 Å². The van der Waals surface area contributed by atoms with E-state index in [9.17, 15) is 9.59 Å². The molecule has 3 amide bonds. The second-order valence-electron chi connectivity index (χ2n) is 7.81. The van der Waals surface area contributed by atoms with Crippen molar-refractivity contribution in [3.8, 4) is 11.5 Å². The van der Waals surface area contributed by atoms with Crippen molar-refractivity contribution in [1.29, 1.82) is 0 Å². The third kappa shape index (κ3) is 4.58. The number of benzene rings is 2. The molecule has 0 bridgehead atoms. The lowest BCUT2D eigenvalue weighted by atomic mass is 10.2. The first-order valence-corrected chi connectivity index (χ1v) is 10.1. The summed E-state index contributed by atoms with van der Waals surface area (Å²) >= 11 is 0. The van der Waals surface area contributed by atoms with Gasteiger partial charge in [-0.2, -0.15) is 0 Å². The highest BCUT2D eigenvalue weighted by Crippen LogP contribution is 2.31. The fourth-order valence-corrected chi connectivity index (χ4v) is 3.46. The van der Waals surface area contributed by atoms with E-state index in [2.05, 4.69) is 5.32 Å². The maximum absolute atomic E-state index is 12.7. The van der Waals surface area contributed by atoms with Gasteiger partial charge in [-0.05, 0) is 36.4 Å². The third-order valence-corrected chi connectivity index (χ3v) is 5.22. The molecule has 2 aromatic carbocycles. The lowest BCUT2D eigenvalue weighted by Crippen LogP contribution is -2.43. The first-order chi connectivity index (χ1) is 14.9. The van der Waals surface area contributed by atoms with Crippen molar-refractivity contribution in [3.63, 3.8) is 0 Å². The number of carbonyl (C=O) groups excluding carboxylic acids is 2. The van der Waals surface area contributed by atoms with Crippen LogP contribution in [0.15, 0.2) is 54.7 Å². The zero-order valence-corrected chi connectivity index (χ0v) is 17.9. The minimum absolute atomic E-state index is 0.0213. The Morgan fingerprint density at radius 1 is 1.10 bits per heavy atom. The van der Waals surface area contributed by atoms with Gasteiger partial charge in [0.1, 0.15) is 13.2 Å². The summed E-state index contributed by atoms with van der Waals surface area (Å²) in [5, 5.41) is 3.87. The molecule has 1 aliphatic rings. The van der Waals surface area contributed by atoms with Crippen molar-refractivity contribution < 1.29 is 19.1 Å². The topological polar surface area (TPSA) is 76.0 Å². The molecule has 0 aliphatic carbocycles. The minimum atomic E-state index is -0.239. The maximum atomic E-state index is 12.7. The summed E-state index contributed by atoms with van der Waals surface area (Å²) in [6.07, 6.45) is 1.64. The van der Waals surface area contributed by atoms with E-state index in [4.69, 9.17) is 9.47 Å². The van der Waals surface area contributed by atoms with Crippen LogP contribution in [0.3, 0.4) is 0 Å². The molecule has 162 valence electrons. The first kappa shape index (κ1) is 20.6. The van der Waals surface area contributed by atoms with Gasteiger partial charge in [0.2, 0.25) is 5.91 Å². The van der Waals surface area contributed by atoms with Crippen LogP contribution >= 0.6 is 0 Å². The Morgan fingerprint density at radius 2 is 1.87 bits per heavy atom. The predicted molar refractivity (Wildman–Crippen MR) is 119 cm³/mol. The number of rotatable bonds is 5. The highest BCUT2D eigenvalue weighted by atomic mass is 16.6. The Morgan fingerprint density at radius 3 is 2.65 bits per heavy atom. The average Bonchev–Trinajstić information content (AvgIpc) is 3.15. The number of nitrogens with zero attached hydrogens (tertiary/aromatic N) is 3. The van der Waals surface area contributed by atoms with Crippen molar-refractivity contribution >= 4 is 28.5 Å². The SMILES string of the molecule is CN(C)C(=O)Cn1ccc2cc(NC(=O)N(C)CC3COc4ccccc4O3)ccc21. The average molecular weight is 422 g/mol. The Labute approximate surface area is 180 Å². The molecular formula is C23H26N4O4. The molecule has 1 N–H and O–H groups in total. The van der Waals surface area contributed by atoms with Gasteiger partial charge in [0.05, 0.1) is 6.54 Å². The van der Waals surface area contributed by atoms with E-state index in [1.807, 2.05) is 59.3 Å². The number of aromatic nitrogens is 1. The van der Waals surface area contributed by atoms with Crippen LogP contribution in [0.4, 0.5) is 10.5 Å². The molecule has 3 aromatic rings. The van der Waals surface area contributed by atoms with Crippen LogP contribution in [0.5, 0.6) is 11.5 Å².